The van der Waals surface area contributed by atoms with E-state index in [1.54, 1.807) is 13.0 Å². The first-order valence-corrected chi connectivity index (χ1v) is 4.97. The molecule has 0 radical (unpaired) electrons. The number of carbonyl (C=O) groups is 1. The molecule has 1 aromatic rings. The van der Waals surface area contributed by atoms with Gasteiger partial charge in [0.05, 0.1) is 0 Å². The van der Waals surface area contributed by atoms with Crippen molar-refractivity contribution in [2.24, 2.45) is 0 Å². The van der Waals surface area contributed by atoms with Gasteiger partial charge in [0.2, 0.25) is 0 Å². The summed E-state index contributed by atoms with van der Waals surface area (Å²) in [5.74, 6) is -1.23. The summed E-state index contributed by atoms with van der Waals surface area (Å²) in [7, 11) is 0. The van der Waals surface area contributed by atoms with Crippen LogP contribution >= 0.6 is 15.9 Å². The Hall–Kier alpha value is -0.900. The number of hydrogen-bond donors (Lipinski definition) is 1. The van der Waals surface area contributed by atoms with Crippen LogP contribution in [0, 0.1) is 5.82 Å². The Morgan fingerprint density at radius 2 is 2.29 bits per heavy atom. The van der Waals surface area contributed by atoms with E-state index in [0.29, 0.717) is 10.0 Å². The second-order valence-electron chi connectivity index (χ2n) is 3.13. The molecule has 0 saturated carbocycles. The zero-order valence-electron chi connectivity index (χ0n) is 7.63. The maximum atomic E-state index is 13.1. The second-order valence-corrected chi connectivity index (χ2v) is 4.04. The van der Waals surface area contributed by atoms with E-state index in [2.05, 4.69) is 15.9 Å². The molecule has 0 fully saturated rings. The highest BCUT2D eigenvalue weighted by atomic mass is 79.9. The molecule has 0 aliphatic carbocycles. The minimum atomic E-state index is -0.674. The van der Waals surface area contributed by atoms with E-state index in [0.717, 1.165) is 6.29 Å². The lowest BCUT2D eigenvalue weighted by molar-refractivity contribution is -0.108. The van der Waals surface area contributed by atoms with Crippen LogP contribution in [0.4, 0.5) is 4.39 Å². The van der Waals surface area contributed by atoms with Crippen molar-refractivity contribution in [1.29, 1.82) is 0 Å². The molecule has 0 aromatic heterocycles. The van der Waals surface area contributed by atoms with Gasteiger partial charge in [0.25, 0.3) is 0 Å². The Morgan fingerprint density at radius 1 is 1.64 bits per heavy atom. The first-order valence-electron chi connectivity index (χ1n) is 4.17. The molecule has 0 spiro atoms. The zero-order valence-corrected chi connectivity index (χ0v) is 9.21. The lowest BCUT2D eigenvalue weighted by Gasteiger charge is -2.11. The Labute approximate surface area is 89.9 Å². The largest absolute Gasteiger partial charge is 0.505 e. The summed E-state index contributed by atoms with van der Waals surface area (Å²) in [4.78, 5) is 10.3. The summed E-state index contributed by atoms with van der Waals surface area (Å²) in [6.45, 7) is 1.76. The highest BCUT2D eigenvalue weighted by Crippen LogP contribution is 2.32. The van der Waals surface area contributed by atoms with Crippen molar-refractivity contribution in [3.8, 4) is 5.75 Å². The quantitative estimate of drug-likeness (QED) is 0.849. The third-order valence-corrected chi connectivity index (χ3v) is 2.50. The molecule has 4 heteroatoms. The van der Waals surface area contributed by atoms with E-state index in [4.69, 9.17) is 0 Å². The van der Waals surface area contributed by atoms with Gasteiger partial charge in [-0.25, -0.2) is 4.39 Å². The maximum absolute atomic E-state index is 13.1. The summed E-state index contributed by atoms with van der Waals surface area (Å²) in [5.41, 5.74) is 0.448. The molecule has 1 aromatic carbocycles. The number of aromatic hydroxyl groups is 1. The smallest absolute Gasteiger partial charge is 0.166 e. The molecular weight excluding hydrogens is 251 g/mol. The van der Waals surface area contributed by atoms with Crippen LogP contribution in [-0.2, 0) is 4.79 Å². The highest BCUT2D eigenvalue weighted by molar-refractivity contribution is 9.10. The van der Waals surface area contributed by atoms with E-state index < -0.39 is 5.82 Å². The fourth-order valence-corrected chi connectivity index (χ4v) is 1.68. The van der Waals surface area contributed by atoms with Crippen molar-refractivity contribution in [2.45, 2.75) is 19.3 Å². The molecule has 0 saturated heterocycles. The maximum Gasteiger partial charge on any atom is 0.166 e. The van der Waals surface area contributed by atoms with Crippen LogP contribution in [0.3, 0.4) is 0 Å². The summed E-state index contributed by atoms with van der Waals surface area (Å²) in [6.07, 6.45) is 1.02. The number of benzene rings is 1. The van der Waals surface area contributed by atoms with Crippen LogP contribution in [0.2, 0.25) is 0 Å². The summed E-state index contributed by atoms with van der Waals surface area (Å²) in [6, 6.07) is 2.80. The van der Waals surface area contributed by atoms with E-state index in [9.17, 15) is 14.3 Å². The van der Waals surface area contributed by atoms with Gasteiger partial charge in [-0.2, -0.15) is 0 Å². The molecule has 1 unspecified atom stereocenters. The molecule has 1 rings (SSSR count). The normalized spacial score (nSPS) is 12.5. The van der Waals surface area contributed by atoms with E-state index in [1.165, 1.54) is 6.07 Å². The van der Waals surface area contributed by atoms with Gasteiger partial charge < -0.3 is 9.90 Å². The van der Waals surface area contributed by atoms with Crippen molar-refractivity contribution in [3.63, 3.8) is 0 Å². The summed E-state index contributed by atoms with van der Waals surface area (Å²) >= 11 is 3.13. The summed E-state index contributed by atoms with van der Waals surface area (Å²) < 4.78 is 13.6. The van der Waals surface area contributed by atoms with Crippen LogP contribution in [0.25, 0.3) is 0 Å². The SMILES string of the molecule is CC(CC=O)c1cc(Br)cc(F)c1O. The van der Waals surface area contributed by atoms with Crippen molar-refractivity contribution in [2.75, 3.05) is 0 Å². The lowest BCUT2D eigenvalue weighted by atomic mass is 9.97. The first kappa shape index (κ1) is 11.2. The zero-order chi connectivity index (χ0) is 10.7. The molecule has 76 valence electrons. The Balaban J connectivity index is 3.12. The van der Waals surface area contributed by atoms with Crippen LogP contribution in [0.5, 0.6) is 5.75 Å². The fourth-order valence-electron chi connectivity index (χ4n) is 1.23. The third-order valence-electron chi connectivity index (χ3n) is 2.04. The minimum absolute atomic E-state index is 0.181. The molecule has 1 atom stereocenters. The van der Waals surface area contributed by atoms with Gasteiger partial charge in [-0.15, -0.1) is 0 Å². The Kier molecular flexibility index (Phi) is 3.63. The van der Waals surface area contributed by atoms with Gasteiger partial charge in [0.15, 0.2) is 11.6 Å². The molecule has 0 heterocycles. The van der Waals surface area contributed by atoms with Gasteiger partial charge >= 0.3 is 0 Å². The van der Waals surface area contributed by atoms with E-state index in [-0.39, 0.29) is 18.1 Å². The number of halogens is 2. The number of carbonyl (C=O) groups excluding carboxylic acids is 1. The fraction of sp³-hybridized carbons (Fsp3) is 0.300. The predicted molar refractivity (Wildman–Crippen MR) is 54.9 cm³/mol. The molecule has 14 heavy (non-hydrogen) atoms. The number of rotatable bonds is 3. The average Bonchev–Trinajstić information content (AvgIpc) is 2.11. The number of phenols is 1. The average molecular weight is 261 g/mol. The van der Waals surface area contributed by atoms with Gasteiger partial charge in [-0.1, -0.05) is 22.9 Å². The number of phenolic OH excluding ortho intramolecular Hbond substituents is 1. The molecule has 0 aliphatic rings. The van der Waals surface area contributed by atoms with Gasteiger partial charge in [-0.3, -0.25) is 0 Å². The van der Waals surface area contributed by atoms with Gasteiger partial charge in [0, 0.05) is 16.5 Å². The van der Waals surface area contributed by atoms with Crippen LogP contribution in [0.1, 0.15) is 24.8 Å². The van der Waals surface area contributed by atoms with E-state index >= 15 is 0 Å². The monoisotopic (exact) mass is 260 g/mol. The lowest BCUT2D eigenvalue weighted by Crippen LogP contribution is -1.96. The standard InChI is InChI=1S/C10H10BrFO2/c1-6(2-3-13)8-4-7(11)5-9(12)10(8)14/h3-6,14H,2H2,1H3. The van der Waals surface area contributed by atoms with Crippen LogP contribution in [0.15, 0.2) is 16.6 Å². The Morgan fingerprint density at radius 3 is 2.86 bits per heavy atom. The summed E-state index contributed by atoms with van der Waals surface area (Å²) in [5, 5.41) is 9.41. The molecule has 2 nitrogen and oxygen atoms in total. The number of aldehydes is 1. The van der Waals surface area contributed by atoms with Crippen molar-refractivity contribution < 1.29 is 14.3 Å². The highest BCUT2D eigenvalue weighted by Gasteiger charge is 2.14. The molecule has 1 N–H and O–H groups in total. The number of hydrogen-bond acceptors (Lipinski definition) is 2. The molecule has 0 amide bonds. The van der Waals surface area contributed by atoms with Crippen molar-refractivity contribution in [3.05, 3.63) is 28.0 Å². The first-order chi connectivity index (χ1) is 6.56. The molecular formula is C10H10BrFO2. The van der Waals surface area contributed by atoms with Gasteiger partial charge in [0.1, 0.15) is 6.29 Å². The molecule has 0 aliphatic heterocycles. The van der Waals surface area contributed by atoms with Crippen LogP contribution < -0.4 is 0 Å². The van der Waals surface area contributed by atoms with Crippen molar-refractivity contribution in [1.82, 2.24) is 0 Å². The van der Waals surface area contributed by atoms with Gasteiger partial charge in [-0.05, 0) is 18.1 Å². The molecule has 0 bridgehead atoms. The predicted octanol–water partition coefficient (Wildman–Crippen LogP) is 2.99. The second kappa shape index (κ2) is 4.55. The van der Waals surface area contributed by atoms with Crippen LogP contribution in [-0.4, -0.2) is 11.4 Å². The third kappa shape index (κ3) is 2.32. The van der Waals surface area contributed by atoms with E-state index in [1.807, 2.05) is 0 Å². The topological polar surface area (TPSA) is 37.3 Å². The minimum Gasteiger partial charge on any atom is -0.505 e. The van der Waals surface area contributed by atoms with Crippen molar-refractivity contribution >= 4 is 22.2 Å². The Bertz CT molecular complexity index is 352.